The zero-order valence-electron chi connectivity index (χ0n) is 30.0. The predicted molar refractivity (Wildman–Crippen MR) is 218 cm³/mol. The van der Waals surface area contributed by atoms with Gasteiger partial charge in [0, 0.05) is 52.1 Å². The van der Waals surface area contributed by atoms with E-state index >= 15 is 0 Å². The van der Waals surface area contributed by atoms with Crippen molar-refractivity contribution in [1.29, 1.82) is 10.5 Å². The summed E-state index contributed by atoms with van der Waals surface area (Å²) in [5, 5.41) is 21.7. The first kappa shape index (κ1) is 31.2. The first-order valence-corrected chi connectivity index (χ1v) is 18.6. The van der Waals surface area contributed by atoms with Gasteiger partial charge >= 0.3 is 0 Å². The van der Waals surface area contributed by atoms with Gasteiger partial charge in [0.1, 0.15) is 11.5 Å². The first-order chi connectivity index (χ1) is 28.2. The fraction of sp³-hybridized carbons (Fsp3) is 0.0204. The number of anilines is 3. The lowest BCUT2D eigenvalue weighted by atomic mass is 9.65. The summed E-state index contributed by atoms with van der Waals surface area (Å²) in [6, 6.07) is 53.2. The smallest absolute Gasteiger partial charge is 0.152 e. The van der Waals surface area contributed by atoms with Gasteiger partial charge in [-0.3, -0.25) is 9.97 Å². The second-order valence-corrected chi connectivity index (χ2v) is 14.4. The van der Waals surface area contributed by atoms with Crippen molar-refractivity contribution in [3.8, 4) is 52.2 Å². The molecule has 0 bridgehead atoms. The number of hydrogen-bond acceptors (Lipinski definition) is 7. The van der Waals surface area contributed by atoms with Crippen LogP contribution in [-0.4, -0.2) is 14.5 Å². The van der Waals surface area contributed by atoms with Gasteiger partial charge in [0.15, 0.2) is 11.5 Å². The number of hydrogen-bond donors (Lipinski definition) is 0. The van der Waals surface area contributed by atoms with Crippen molar-refractivity contribution in [2.24, 2.45) is 0 Å². The minimum Gasteiger partial charge on any atom is -0.457 e. The minimum atomic E-state index is -0.895. The van der Waals surface area contributed by atoms with Crippen LogP contribution in [0.5, 0.6) is 23.0 Å². The summed E-state index contributed by atoms with van der Waals surface area (Å²) in [7, 11) is 0. The fourth-order valence-corrected chi connectivity index (χ4v) is 9.37. The second-order valence-electron chi connectivity index (χ2n) is 14.4. The molecule has 0 unspecified atom stereocenters. The van der Waals surface area contributed by atoms with Crippen molar-refractivity contribution < 1.29 is 9.47 Å². The van der Waals surface area contributed by atoms with E-state index in [1.807, 2.05) is 97.3 Å². The Morgan fingerprint density at radius 2 is 1.16 bits per heavy atom. The van der Waals surface area contributed by atoms with Gasteiger partial charge < -0.3 is 18.9 Å². The normalized spacial score (nSPS) is 13.6. The molecule has 1 spiro atoms. The number of nitrogens with zero attached hydrogens (tertiary/aromatic N) is 6. The minimum absolute atomic E-state index is 0.511. The SMILES string of the molecule is N#Cc1ccc2c(c1)Oc1ccccc1N2c1cccc2c1C1(c3ccc(-n4c5ccccc5c5cc(C#N)ccc54)cc3O2)c2cccnc2-c2ncccc21. The first-order valence-electron chi connectivity index (χ1n) is 18.6. The van der Waals surface area contributed by atoms with Crippen LogP contribution < -0.4 is 14.4 Å². The molecule has 0 amide bonds. The summed E-state index contributed by atoms with van der Waals surface area (Å²) in [4.78, 5) is 12.2. The maximum absolute atomic E-state index is 9.84. The number of nitriles is 2. The summed E-state index contributed by atoms with van der Waals surface area (Å²) >= 11 is 0. The van der Waals surface area contributed by atoms with Gasteiger partial charge in [0.05, 0.1) is 68.2 Å². The molecule has 9 aromatic rings. The molecule has 264 valence electrons. The van der Waals surface area contributed by atoms with Gasteiger partial charge in [-0.15, -0.1) is 0 Å². The van der Waals surface area contributed by atoms with Crippen LogP contribution in [0.3, 0.4) is 0 Å². The van der Waals surface area contributed by atoms with Crippen LogP contribution >= 0.6 is 0 Å². The van der Waals surface area contributed by atoms with E-state index < -0.39 is 5.41 Å². The number of para-hydroxylation sites is 3. The molecule has 8 heteroatoms. The molecule has 0 saturated heterocycles. The molecule has 0 radical (unpaired) electrons. The molecule has 0 saturated carbocycles. The van der Waals surface area contributed by atoms with Crippen LogP contribution in [0.1, 0.15) is 33.4 Å². The number of rotatable bonds is 2. The highest BCUT2D eigenvalue weighted by Crippen LogP contribution is 2.65. The largest absolute Gasteiger partial charge is 0.457 e. The third-order valence-electron chi connectivity index (χ3n) is 11.6. The van der Waals surface area contributed by atoms with E-state index in [1.54, 1.807) is 6.07 Å². The fourth-order valence-electron chi connectivity index (χ4n) is 9.37. The molecule has 0 atom stereocenters. The van der Waals surface area contributed by atoms with Gasteiger partial charge in [0.2, 0.25) is 0 Å². The summed E-state index contributed by atoms with van der Waals surface area (Å²) in [6.45, 7) is 0. The highest BCUT2D eigenvalue weighted by molar-refractivity contribution is 6.09. The molecule has 6 aromatic carbocycles. The molecule has 1 aliphatic carbocycles. The van der Waals surface area contributed by atoms with Gasteiger partial charge in [-0.25, -0.2) is 0 Å². The molecule has 12 rings (SSSR count). The quantitative estimate of drug-likeness (QED) is 0.174. The molecular weight excluding hydrogens is 705 g/mol. The van der Waals surface area contributed by atoms with E-state index in [-0.39, 0.29) is 0 Å². The van der Waals surface area contributed by atoms with Crippen molar-refractivity contribution in [3.05, 3.63) is 191 Å². The van der Waals surface area contributed by atoms with Gasteiger partial charge in [-0.1, -0.05) is 54.6 Å². The summed E-state index contributed by atoms with van der Waals surface area (Å²) < 4.78 is 15.8. The molecular formula is C49H26N6O2. The Morgan fingerprint density at radius 3 is 1.98 bits per heavy atom. The topological polar surface area (TPSA) is 100.0 Å². The van der Waals surface area contributed by atoms with Crippen molar-refractivity contribution in [3.63, 3.8) is 0 Å². The second kappa shape index (κ2) is 11.4. The molecule has 57 heavy (non-hydrogen) atoms. The Hall–Kier alpha value is -8.20. The van der Waals surface area contributed by atoms with E-state index in [1.165, 1.54) is 0 Å². The molecule has 8 nitrogen and oxygen atoms in total. The molecule has 3 aromatic heterocycles. The van der Waals surface area contributed by atoms with Crippen LogP contribution in [0.25, 0.3) is 38.9 Å². The van der Waals surface area contributed by atoms with Gasteiger partial charge in [0.25, 0.3) is 0 Å². The summed E-state index contributed by atoms with van der Waals surface area (Å²) in [5.74, 6) is 2.68. The lowest BCUT2D eigenvalue weighted by Crippen LogP contribution is -2.34. The summed E-state index contributed by atoms with van der Waals surface area (Å²) in [6.07, 6.45) is 3.65. The zero-order chi connectivity index (χ0) is 37.8. The van der Waals surface area contributed by atoms with Crippen molar-refractivity contribution in [2.75, 3.05) is 4.90 Å². The Kier molecular flexibility index (Phi) is 6.24. The molecule has 5 heterocycles. The molecule has 2 aliphatic heterocycles. The Labute approximate surface area is 326 Å². The maximum Gasteiger partial charge on any atom is 0.152 e. The number of pyridine rings is 2. The van der Waals surface area contributed by atoms with E-state index in [0.717, 1.165) is 78.2 Å². The lowest BCUT2D eigenvalue weighted by molar-refractivity contribution is 0.436. The van der Waals surface area contributed by atoms with E-state index in [9.17, 15) is 10.5 Å². The Balaban J connectivity index is 1.17. The predicted octanol–water partition coefficient (Wildman–Crippen LogP) is 11.4. The van der Waals surface area contributed by atoms with Crippen LogP contribution in [0.2, 0.25) is 0 Å². The molecule has 0 fully saturated rings. The lowest BCUT2D eigenvalue weighted by Gasteiger charge is -2.43. The van der Waals surface area contributed by atoms with Crippen LogP contribution in [0, 0.1) is 22.7 Å². The number of fused-ring (bicyclic) bond motifs is 14. The third kappa shape index (κ3) is 4.08. The zero-order valence-corrected chi connectivity index (χ0v) is 30.0. The van der Waals surface area contributed by atoms with Crippen molar-refractivity contribution >= 4 is 38.9 Å². The van der Waals surface area contributed by atoms with E-state index in [2.05, 4.69) is 76.2 Å². The van der Waals surface area contributed by atoms with E-state index in [0.29, 0.717) is 34.1 Å². The summed E-state index contributed by atoms with van der Waals surface area (Å²) in [5.41, 5.74) is 11.3. The third-order valence-corrected chi connectivity index (χ3v) is 11.6. The van der Waals surface area contributed by atoms with Gasteiger partial charge in [-0.05, 0) is 90.0 Å². The van der Waals surface area contributed by atoms with Crippen LogP contribution in [-0.2, 0) is 5.41 Å². The molecule has 0 N–H and O–H groups in total. The van der Waals surface area contributed by atoms with Crippen molar-refractivity contribution in [1.82, 2.24) is 14.5 Å². The number of benzene rings is 6. The van der Waals surface area contributed by atoms with Gasteiger partial charge in [-0.2, -0.15) is 10.5 Å². The molecule has 3 aliphatic rings. The number of ether oxygens (including phenoxy) is 2. The highest BCUT2D eigenvalue weighted by atomic mass is 16.5. The Morgan fingerprint density at radius 1 is 0.491 bits per heavy atom. The average Bonchev–Trinajstić information content (AvgIpc) is 3.75. The standard InChI is InChI=1S/C49H26N6O2/c50-27-29-16-20-38-33(24-29)32-8-1-2-11-37(32)54(38)31-18-19-34-44(26-31)57-43-15-5-13-41(46(43)49(34)35-9-6-22-52-47(35)48-36(49)10-7-23-53-48)55-39-12-3-4-14-42(39)56-45-25-30(28-51)17-21-40(45)55/h1-26H. The van der Waals surface area contributed by atoms with E-state index in [4.69, 9.17) is 19.4 Å². The average molecular weight is 731 g/mol. The monoisotopic (exact) mass is 730 g/mol. The van der Waals surface area contributed by atoms with Crippen LogP contribution in [0.15, 0.2) is 158 Å². The Bertz CT molecular complexity index is 3270. The van der Waals surface area contributed by atoms with Crippen molar-refractivity contribution in [2.45, 2.75) is 5.41 Å². The van der Waals surface area contributed by atoms with Crippen LogP contribution in [0.4, 0.5) is 17.1 Å². The number of aromatic nitrogens is 3. The maximum atomic E-state index is 9.84. The highest BCUT2D eigenvalue weighted by Gasteiger charge is 2.54.